The first-order valence-electron chi connectivity index (χ1n) is 4.03. The smallest absolute Gasteiger partial charge is 0.164 e. The number of rotatable bonds is 0. The number of fused-ring (bicyclic) bond motifs is 2. The maximum absolute atomic E-state index is 11.3. The van der Waals surface area contributed by atoms with E-state index in [4.69, 9.17) is 4.74 Å². The summed E-state index contributed by atoms with van der Waals surface area (Å²) in [6.45, 7) is 0.807. The maximum Gasteiger partial charge on any atom is 0.164 e. The van der Waals surface area contributed by atoms with Gasteiger partial charge in [-0.1, -0.05) is 0 Å². The Kier molecular flexibility index (Phi) is 1.49. The van der Waals surface area contributed by atoms with E-state index < -0.39 is 0 Å². The third kappa shape index (κ3) is 0.870. The summed E-state index contributed by atoms with van der Waals surface area (Å²) in [7, 11) is 0. The molecular formula is C8H12O2. The van der Waals surface area contributed by atoms with Crippen LogP contribution < -0.4 is 0 Å². The molecule has 0 amide bonds. The van der Waals surface area contributed by atoms with E-state index in [2.05, 4.69) is 0 Å². The van der Waals surface area contributed by atoms with Crippen LogP contribution in [0.15, 0.2) is 0 Å². The van der Waals surface area contributed by atoms with Gasteiger partial charge in [0.05, 0.1) is 0 Å². The monoisotopic (exact) mass is 140 g/mol. The fourth-order valence-electron chi connectivity index (χ4n) is 1.90. The van der Waals surface area contributed by atoms with E-state index in [1.165, 1.54) is 6.42 Å². The van der Waals surface area contributed by atoms with Gasteiger partial charge in [0.25, 0.3) is 0 Å². The maximum atomic E-state index is 11.3. The molecule has 1 aliphatic carbocycles. The molecule has 0 radical (unpaired) electrons. The molecule has 0 aromatic carbocycles. The van der Waals surface area contributed by atoms with E-state index in [-0.39, 0.29) is 6.10 Å². The largest absolute Gasteiger partial charge is 0.370 e. The highest BCUT2D eigenvalue weighted by molar-refractivity contribution is 5.86. The van der Waals surface area contributed by atoms with E-state index in [0.29, 0.717) is 11.7 Å². The van der Waals surface area contributed by atoms with Gasteiger partial charge in [0, 0.05) is 12.5 Å². The van der Waals surface area contributed by atoms with Crippen molar-refractivity contribution in [3.63, 3.8) is 0 Å². The highest BCUT2D eigenvalue weighted by Crippen LogP contribution is 2.29. The fourth-order valence-corrected chi connectivity index (χ4v) is 1.90. The zero-order valence-corrected chi connectivity index (χ0v) is 6.01. The number of carbonyl (C=O) groups is 1. The first-order valence-corrected chi connectivity index (χ1v) is 4.03. The average Bonchev–Trinajstić information content (AvgIpc) is 1.86. The predicted octanol–water partition coefficient (Wildman–Crippen LogP) is 1.14. The minimum Gasteiger partial charge on any atom is -0.370 e. The second-order valence-corrected chi connectivity index (χ2v) is 3.18. The highest BCUT2D eigenvalue weighted by atomic mass is 16.5. The minimum atomic E-state index is -0.0208. The molecule has 2 unspecified atom stereocenters. The topological polar surface area (TPSA) is 26.3 Å². The zero-order chi connectivity index (χ0) is 6.97. The van der Waals surface area contributed by atoms with E-state index in [9.17, 15) is 4.79 Å². The van der Waals surface area contributed by atoms with Gasteiger partial charge in [0.2, 0.25) is 0 Å². The molecule has 1 saturated carbocycles. The second kappa shape index (κ2) is 2.35. The molecule has 1 aliphatic heterocycles. The van der Waals surface area contributed by atoms with Crippen LogP contribution in [0, 0.1) is 5.92 Å². The zero-order valence-electron chi connectivity index (χ0n) is 6.01. The second-order valence-electron chi connectivity index (χ2n) is 3.18. The molecular weight excluding hydrogens is 128 g/mol. The Balaban J connectivity index is 2.12. The first kappa shape index (κ1) is 6.35. The van der Waals surface area contributed by atoms with Gasteiger partial charge in [-0.3, -0.25) is 4.79 Å². The standard InChI is InChI=1S/C8H12O2/c9-8-6-2-1-3-7(8)10-5-4-6/h6-7H,1-5H2. The summed E-state index contributed by atoms with van der Waals surface area (Å²) in [6, 6.07) is 0. The number of hydrogen-bond acceptors (Lipinski definition) is 2. The van der Waals surface area contributed by atoms with Crippen LogP contribution in [0.3, 0.4) is 0 Å². The lowest BCUT2D eigenvalue weighted by Gasteiger charge is -2.32. The van der Waals surface area contributed by atoms with E-state index >= 15 is 0 Å². The lowest BCUT2D eigenvalue weighted by atomic mass is 9.82. The van der Waals surface area contributed by atoms with Crippen molar-refractivity contribution in [1.29, 1.82) is 0 Å². The lowest BCUT2D eigenvalue weighted by molar-refractivity contribution is -0.145. The Labute approximate surface area is 60.6 Å². The highest BCUT2D eigenvalue weighted by Gasteiger charge is 2.34. The molecule has 2 fully saturated rings. The molecule has 10 heavy (non-hydrogen) atoms. The Hall–Kier alpha value is -0.370. The lowest BCUT2D eigenvalue weighted by Crippen LogP contribution is -2.40. The van der Waals surface area contributed by atoms with Gasteiger partial charge in [-0.25, -0.2) is 0 Å². The number of ether oxygens (including phenoxy) is 1. The van der Waals surface area contributed by atoms with Crippen molar-refractivity contribution in [2.24, 2.45) is 5.92 Å². The third-order valence-electron chi connectivity index (χ3n) is 2.52. The van der Waals surface area contributed by atoms with Crippen molar-refractivity contribution < 1.29 is 9.53 Å². The summed E-state index contributed by atoms with van der Waals surface area (Å²) in [5, 5.41) is 0. The SMILES string of the molecule is O=C1C2CCCC1OCC2. The van der Waals surface area contributed by atoms with Crippen LogP contribution in [0.2, 0.25) is 0 Å². The van der Waals surface area contributed by atoms with Crippen LogP contribution in [0.4, 0.5) is 0 Å². The first-order chi connectivity index (χ1) is 4.88. The van der Waals surface area contributed by atoms with E-state index in [1.807, 2.05) is 0 Å². The number of ketones is 1. The van der Waals surface area contributed by atoms with Crippen molar-refractivity contribution >= 4 is 5.78 Å². The molecule has 2 aliphatic rings. The van der Waals surface area contributed by atoms with Crippen molar-refractivity contribution in [3.05, 3.63) is 0 Å². The number of Topliss-reactive ketones (excluding diaryl/α,β-unsaturated/α-hetero) is 1. The Bertz CT molecular complexity index is 129. The van der Waals surface area contributed by atoms with Crippen molar-refractivity contribution in [1.82, 2.24) is 0 Å². The van der Waals surface area contributed by atoms with Crippen LogP contribution in [-0.4, -0.2) is 18.5 Å². The van der Waals surface area contributed by atoms with Crippen molar-refractivity contribution in [3.8, 4) is 0 Å². The van der Waals surface area contributed by atoms with Crippen LogP contribution in [0.25, 0.3) is 0 Å². The van der Waals surface area contributed by atoms with Gasteiger partial charge in [-0.15, -0.1) is 0 Å². The molecule has 0 aromatic rings. The number of carbonyl (C=O) groups excluding carboxylic acids is 1. The summed E-state index contributed by atoms with van der Waals surface area (Å²) >= 11 is 0. The van der Waals surface area contributed by atoms with Gasteiger partial charge in [0.1, 0.15) is 6.10 Å². The van der Waals surface area contributed by atoms with Crippen LogP contribution in [-0.2, 0) is 9.53 Å². The molecule has 56 valence electrons. The van der Waals surface area contributed by atoms with E-state index in [0.717, 1.165) is 25.9 Å². The van der Waals surface area contributed by atoms with Gasteiger partial charge in [-0.2, -0.15) is 0 Å². The van der Waals surface area contributed by atoms with Gasteiger partial charge in [0.15, 0.2) is 5.78 Å². The molecule has 2 heteroatoms. The molecule has 2 bridgehead atoms. The van der Waals surface area contributed by atoms with Gasteiger partial charge in [-0.05, 0) is 25.7 Å². The van der Waals surface area contributed by atoms with Crippen LogP contribution in [0.1, 0.15) is 25.7 Å². The predicted molar refractivity (Wildman–Crippen MR) is 36.7 cm³/mol. The fraction of sp³-hybridized carbons (Fsp3) is 0.875. The Morgan fingerprint density at radius 2 is 2.20 bits per heavy atom. The molecule has 0 aromatic heterocycles. The van der Waals surface area contributed by atoms with Gasteiger partial charge >= 0.3 is 0 Å². The molecule has 1 heterocycles. The summed E-state index contributed by atoms with van der Waals surface area (Å²) in [6.07, 6.45) is 4.21. The Morgan fingerprint density at radius 1 is 1.30 bits per heavy atom. The molecule has 1 saturated heterocycles. The van der Waals surface area contributed by atoms with Crippen LogP contribution >= 0.6 is 0 Å². The summed E-state index contributed by atoms with van der Waals surface area (Å²) in [4.78, 5) is 11.3. The van der Waals surface area contributed by atoms with Crippen molar-refractivity contribution in [2.45, 2.75) is 31.8 Å². The molecule has 2 nitrogen and oxygen atoms in total. The average molecular weight is 140 g/mol. The quantitative estimate of drug-likeness (QED) is 0.504. The van der Waals surface area contributed by atoms with Gasteiger partial charge < -0.3 is 4.74 Å². The van der Waals surface area contributed by atoms with Crippen LogP contribution in [0.5, 0.6) is 0 Å². The van der Waals surface area contributed by atoms with Crippen molar-refractivity contribution in [2.75, 3.05) is 6.61 Å². The minimum absolute atomic E-state index is 0.0208. The Morgan fingerprint density at radius 3 is 2.90 bits per heavy atom. The molecule has 0 N–H and O–H groups in total. The summed E-state index contributed by atoms with van der Waals surface area (Å²) < 4.78 is 5.31. The normalized spacial score (nSPS) is 39.8. The molecule has 2 atom stereocenters. The number of hydrogen-bond donors (Lipinski definition) is 0. The summed E-state index contributed by atoms with van der Waals surface area (Å²) in [5.74, 6) is 0.727. The molecule has 2 rings (SSSR count). The summed E-state index contributed by atoms with van der Waals surface area (Å²) in [5.41, 5.74) is 0. The molecule has 0 spiro atoms. The van der Waals surface area contributed by atoms with E-state index in [1.54, 1.807) is 0 Å². The third-order valence-corrected chi connectivity index (χ3v) is 2.52.